The van der Waals surface area contributed by atoms with Crippen LogP contribution in [0.1, 0.15) is 43.1 Å². The van der Waals surface area contributed by atoms with Crippen molar-refractivity contribution in [2.45, 2.75) is 51.2 Å². The second kappa shape index (κ2) is 10.8. The maximum Gasteiger partial charge on any atom is 0.234 e. The number of carbonyl (C=O) groups excluding carboxylic acids is 1. The molecule has 0 saturated carbocycles. The van der Waals surface area contributed by atoms with Crippen LogP contribution in [0.5, 0.6) is 0 Å². The number of rotatable bonds is 10. The Hall–Kier alpha value is -2.60. The summed E-state index contributed by atoms with van der Waals surface area (Å²) in [5.74, 6) is 1.10. The Kier molecular flexibility index (Phi) is 7.87. The first-order chi connectivity index (χ1) is 14.2. The summed E-state index contributed by atoms with van der Waals surface area (Å²) in [5, 5.41) is 12.1. The van der Waals surface area contributed by atoms with E-state index in [-0.39, 0.29) is 5.91 Å². The van der Waals surface area contributed by atoms with Gasteiger partial charge in [-0.3, -0.25) is 4.79 Å². The number of benzene rings is 2. The number of anilines is 1. The zero-order valence-electron chi connectivity index (χ0n) is 17.1. The molecule has 0 aliphatic carbocycles. The Morgan fingerprint density at radius 2 is 1.76 bits per heavy atom. The van der Waals surface area contributed by atoms with Gasteiger partial charge in [-0.1, -0.05) is 74.0 Å². The summed E-state index contributed by atoms with van der Waals surface area (Å²) < 4.78 is 2.04. The molecule has 0 radical (unpaired) electrons. The highest BCUT2D eigenvalue weighted by molar-refractivity contribution is 7.99. The summed E-state index contributed by atoms with van der Waals surface area (Å²) in [6.07, 6.45) is 4.78. The van der Waals surface area contributed by atoms with Crippen molar-refractivity contribution in [1.29, 1.82) is 0 Å². The Labute approximate surface area is 176 Å². The van der Waals surface area contributed by atoms with Crippen LogP contribution in [0.15, 0.2) is 59.8 Å². The highest BCUT2D eigenvalue weighted by Crippen LogP contribution is 2.19. The molecule has 0 bridgehead atoms. The Morgan fingerprint density at radius 1 is 1.00 bits per heavy atom. The van der Waals surface area contributed by atoms with Crippen LogP contribution in [0.4, 0.5) is 5.69 Å². The minimum Gasteiger partial charge on any atom is -0.325 e. The van der Waals surface area contributed by atoms with E-state index in [9.17, 15) is 4.79 Å². The number of aromatic nitrogens is 3. The number of nitrogens with one attached hydrogen (secondary N) is 1. The van der Waals surface area contributed by atoms with Crippen LogP contribution >= 0.6 is 11.8 Å². The normalized spacial score (nSPS) is 10.8. The number of hydrogen-bond donors (Lipinski definition) is 1. The lowest BCUT2D eigenvalue weighted by Gasteiger charge is -2.09. The lowest BCUT2D eigenvalue weighted by molar-refractivity contribution is -0.113. The molecule has 0 atom stereocenters. The van der Waals surface area contributed by atoms with E-state index in [1.807, 2.05) is 41.8 Å². The van der Waals surface area contributed by atoms with E-state index >= 15 is 0 Å². The van der Waals surface area contributed by atoms with Crippen LogP contribution in [0, 0.1) is 6.92 Å². The van der Waals surface area contributed by atoms with E-state index in [0.29, 0.717) is 12.3 Å². The summed E-state index contributed by atoms with van der Waals surface area (Å²) in [6, 6.07) is 18.3. The van der Waals surface area contributed by atoms with E-state index in [1.54, 1.807) is 0 Å². The van der Waals surface area contributed by atoms with Gasteiger partial charge in [0.25, 0.3) is 0 Å². The summed E-state index contributed by atoms with van der Waals surface area (Å²) >= 11 is 1.41. The summed E-state index contributed by atoms with van der Waals surface area (Å²) in [4.78, 5) is 12.4. The fourth-order valence-corrected chi connectivity index (χ4v) is 3.86. The third-order valence-electron chi connectivity index (χ3n) is 4.72. The van der Waals surface area contributed by atoms with Gasteiger partial charge in [0.05, 0.1) is 12.3 Å². The molecule has 1 heterocycles. The minimum atomic E-state index is -0.0411. The Balaban J connectivity index is 1.52. The number of aryl methyl sites for hydroxylation is 2. The van der Waals surface area contributed by atoms with Crippen LogP contribution in [0.25, 0.3) is 0 Å². The molecule has 0 unspecified atom stereocenters. The molecular weight excluding hydrogens is 380 g/mol. The monoisotopic (exact) mass is 408 g/mol. The average molecular weight is 409 g/mol. The maximum absolute atomic E-state index is 12.4. The fourth-order valence-electron chi connectivity index (χ4n) is 3.08. The third-order valence-corrected chi connectivity index (χ3v) is 5.69. The molecule has 0 aliphatic rings. The number of unbranched alkanes of at least 4 members (excludes halogenated alkanes) is 2. The van der Waals surface area contributed by atoms with Crippen molar-refractivity contribution in [3.63, 3.8) is 0 Å². The van der Waals surface area contributed by atoms with Crippen LogP contribution in [0.3, 0.4) is 0 Å². The highest BCUT2D eigenvalue weighted by atomic mass is 32.2. The van der Waals surface area contributed by atoms with Crippen molar-refractivity contribution < 1.29 is 4.79 Å². The molecule has 0 aliphatic heterocycles. The van der Waals surface area contributed by atoms with Gasteiger partial charge in [-0.15, -0.1) is 10.2 Å². The molecule has 2 aromatic carbocycles. The molecule has 5 nitrogen and oxygen atoms in total. The summed E-state index contributed by atoms with van der Waals surface area (Å²) in [5.41, 5.74) is 3.33. The first kappa shape index (κ1) is 21.1. The molecule has 3 rings (SSSR count). The molecule has 1 N–H and O–H groups in total. The van der Waals surface area contributed by atoms with Crippen LogP contribution in [-0.4, -0.2) is 26.4 Å². The quantitative estimate of drug-likeness (QED) is 0.375. The predicted octanol–water partition coefficient (Wildman–Crippen LogP) is 5.10. The molecule has 1 aromatic heterocycles. The van der Waals surface area contributed by atoms with Crippen LogP contribution < -0.4 is 5.32 Å². The van der Waals surface area contributed by atoms with Gasteiger partial charge in [-0.25, -0.2) is 0 Å². The van der Waals surface area contributed by atoms with E-state index < -0.39 is 0 Å². The number of carbonyl (C=O) groups is 1. The number of nitrogens with zero attached hydrogens (tertiary/aromatic N) is 3. The van der Waals surface area contributed by atoms with Crippen molar-refractivity contribution in [1.82, 2.24) is 14.8 Å². The second-order valence-corrected chi connectivity index (χ2v) is 8.03. The van der Waals surface area contributed by atoms with E-state index in [4.69, 9.17) is 0 Å². The smallest absolute Gasteiger partial charge is 0.234 e. The summed E-state index contributed by atoms with van der Waals surface area (Å²) in [6.45, 7) is 4.84. The Bertz CT molecular complexity index is 906. The van der Waals surface area contributed by atoms with E-state index in [0.717, 1.165) is 23.1 Å². The molecule has 0 fully saturated rings. The second-order valence-electron chi connectivity index (χ2n) is 7.09. The third kappa shape index (κ3) is 6.46. The predicted molar refractivity (Wildman–Crippen MR) is 119 cm³/mol. The van der Waals surface area contributed by atoms with Crippen LogP contribution in [0.2, 0.25) is 0 Å². The standard InChI is InChI=1S/C23H28N4OS/c1-3-4-6-9-19-12-14-21(15-13-19)24-22(28)17-29-23-26-25-18(2)27(23)16-20-10-7-5-8-11-20/h5,7-8,10-15H,3-4,6,9,16-17H2,1-2H3,(H,24,28). The Morgan fingerprint density at radius 3 is 2.48 bits per heavy atom. The molecule has 6 heteroatoms. The van der Waals surface area contributed by atoms with Gasteiger partial charge in [-0.05, 0) is 43.0 Å². The number of thioether (sulfide) groups is 1. The van der Waals surface area contributed by atoms with Crippen molar-refractivity contribution in [3.05, 3.63) is 71.5 Å². The number of hydrogen-bond acceptors (Lipinski definition) is 4. The van der Waals surface area contributed by atoms with Gasteiger partial charge in [0.1, 0.15) is 5.82 Å². The molecule has 152 valence electrons. The van der Waals surface area contributed by atoms with Crippen molar-refractivity contribution in [2.75, 3.05) is 11.1 Å². The van der Waals surface area contributed by atoms with Crippen molar-refractivity contribution in [2.24, 2.45) is 0 Å². The first-order valence-corrected chi connectivity index (χ1v) is 11.1. The zero-order chi connectivity index (χ0) is 20.5. The molecule has 29 heavy (non-hydrogen) atoms. The average Bonchev–Trinajstić information content (AvgIpc) is 3.08. The largest absolute Gasteiger partial charge is 0.325 e. The van der Waals surface area contributed by atoms with Gasteiger partial charge >= 0.3 is 0 Å². The number of amides is 1. The zero-order valence-corrected chi connectivity index (χ0v) is 17.9. The van der Waals surface area contributed by atoms with Gasteiger partial charge in [-0.2, -0.15) is 0 Å². The van der Waals surface area contributed by atoms with Gasteiger partial charge < -0.3 is 9.88 Å². The van der Waals surface area contributed by atoms with Gasteiger partial charge in [0.2, 0.25) is 5.91 Å². The molecular formula is C23H28N4OS. The SMILES string of the molecule is CCCCCc1ccc(NC(=O)CSc2nnc(C)n2Cc2ccccc2)cc1. The van der Waals surface area contributed by atoms with E-state index in [2.05, 4.69) is 46.7 Å². The topological polar surface area (TPSA) is 59.8 Å². The van der Waals surface area contributed by atoms with Gasteiger partial charge in [0, 0.05) is 5.69 Å². The molecule has 1 amide bonds. The maximum atomic E-state index is 12.4. The van der Waals surface area contributed by atoms with Gasteiger partial charge in [0.15, 0.2) is 5.16 Å². The minimum absolute atomic E-state index is 0.0411. The molecule has 0 spiro atoms. The lowest BCUT2D eigenvalue weighted by Crippen LogP contribution is -2.15. The van der Waals surface area contributed by atoms with E-state index in [1.165, 1.54) is 42.2 Å². The van der Waals surface area contributed by atoms with Crippen LogP contribution in [-0.2, 0) is 17.8 Å². The lowest BCUT2D eigenvalue weighted by atomic mass is 10.1. The van der Waals surface area contributed by atoms with Crippen molar-refractivity contribution >= 4 is 23.4 Å². The van der Waals surface area contributed by atoms with Crippen molar-refractivity contribution in [3.8, 4) is 0 Å². The fraction of sp³-hybridized carbons (Fsp3) is 0.348. The summed E-state index contributed by atoms with van der Waals surface area (Å²) in [7, 11) is 0. The highest BCUT2D eigenvalue weighted by Gasteiger charge is 2.12. The first-order valence-electron chi connectivity index (χ1n) is 10.1. The molecule has 0 saturated heterocycles. The molecule has 3 aromatic rings.